The third kappa shape index (κ3) is 4.08. The maximum atomic E-state index is 9.02. The lowest BCUT2D eigenvalue weighted by molar-refractivity contribution is 0.310. The molecule has 2 aromatic rings. The van der Waals surface area contributed by atoms with Crippen molar-refractivity contribution in [2.75, 3.05) is 14.2 Å². The highest BCUT2D eigenvalue weighted by atomic mass is 16.5. The van der Waals surface area contributed by atoms with Crippen molar-refractivity contribution in [2.45, 2.75) is 20.0 Å². The Hall–Kier alpha value is -2.31. The SMILES string of the molecule is COc1ccc(C#N)cc1CN(C)Cc1ccc(C)cc1. The van der Waals surface area contributed by atoms with Gasteiger partial charge in [-0.25, -0.2) is 0 Å². The third-order valence-electron chi connectivity index (χ3n) is 3.42. The Morgan fingerprint density at radius 1 is 1.10 bits per heavy atom. The molecule has 0 saturated heterocycles. The monoisotopic (exact) mass is 280 g/mol. The molecule has 0 heterocycles. The van der Waals surface area contributed by atoms with Crippen molar-refractivity contribution in [1.82, 2.24) is 4.90 Å². The zero-order chi connectivity index (χ0) is 15.2. The lowest BCUT2D eigenvalue weighted by Gasteiger charge is -2.19. The van der Waals surface area contributed by atoms with Crippen molar-refractivity contribution in [3.63, 3.8) is 0 Å². The number of aryl methyl sites for hydroxylation is 1. The fraction of sp³-hybridized carbons (Fsp3) is 0.278. The predicted molar refractivity (Wildman–Crippen MR) is 84.1 cm³/mol. The molecule has 0 aliphatic heterocycles. The van der Waals surface area contributed by atoms with Crippen LogP contribution in [-0.2, 0) is 13.1 Å². The van der Waals surface area contributed by atoms with Crippen molar-refractivity contribution in [1.29, 1.82) is 5.26 Å². The molecule has 0 bridgehead atoms. The predicted octanol–water partition coefficient (Wildman–Crippen LogP) is 3.51. The molecule has 0 aromatic heterocycles. The molecular weight excluding hydrogens is 260 g/mol. The number of rotatable bonds is 5. The van der Waals surface area contributed by atoms with Crippen LogP contribution in [0.4, 0.5) is 0 Å². The third-order valence-corrected chi connectivity index (χ3v) is 3.42. The molecule has 0 N–H and O–H groups in total. The Morgan fingerprint density at radius 3 is 2.43 bits per heavy atom. The summed E-state index contributed by atoms with van der Waals surface area (Å²) in [5.41, 5.74) is 4.24. The van der Waals surface area contributed by atoms with Crippen molar-refractivity contribution in [3.05, 3.63) is 64.7 Å². The summed E-state index contributed by atoms with van der Waals surface area (Å²) in [6.07, 6.45) is 0. The average Bonchev–Trinajstić information content (AvgIpc) is 2.49. The van der Waals surface area contributed by atoms with Gasteiger partial charge in [-0.05, 0) is 37.7 Å². The summed E-state index contributed by atoms with van der Waals surface area (Å²) in [6, 6.07) is 16.2. The number of hydrogen-bond donors (Lipinski definition) is 0. The molecule has 108 valence electrons. The van der Waals surface area contributed by atoms with Crippen molar-refractivity contribution in [3.8, 4) is 11.8 Å². The van der Waals surface area contributed by atoms with Crippen LogP contribution in [0.1, 0.15) is 22.3 Å². The van der Waals surface area contributed by atoms with Gasteiger partial charge in [-0.2, -0.15) is 5.26 Å². The van der Waals surface area contributed by atoms with Crippen molar-refractivity contribution < 1.29 is 4.74 Å². The first-order valence-corrected chi connectivity index (χ1v) is 6.93. The topological polar surface area (TPSA) is 36.3 Å². The van der Waals surface area contributed by atoms with Crippen LogP contribution in [0.3, 0.4) is 0 Å². The minimum absolute atomic E-state index is 0.662. The Morgan fingerprint density at radius 2 is 1.81 bits per heavy atom. The molecule has 0 radical (unpaired) electrons. The van der Waals surface area contributed by atoms with E-state index >= 15 is 0 Å². The maximum Gasteiger partial charge on any atom is 0.123 e. The summed E-state index contributed by atoms with van der Waals surface area (Å²) in [6.45, 7) is 3.69. The van der Waals surface area contributed by atoms with E-state index in [1.54, 1.807) is 13.2 Å². The molecule has 3 nitrogen and oxygen atoms in total. The summed E-state index contributed by atoms with van der Waals surface area (Å²) in [7, 11) is 3.73. The quantitative estimate of drug-likeness (QED) is 0.841. The van der Waals surface area contributed by atoms with Gasteiger partial charge in [-0.15, -0.1) is 0 Å². The van der Waals surface area contributed by atoms with Gasteiger partial charge < -0.3 is 4.74 Å². The van der Waals surface area contributed by atoms with Crippen LogP contribution in [0.2, 0.25) is 0 Å². The highest BCUT2D eigenvalue weighted by Gasteiger charge is 2.08. The fourth-order valence-corrected chi connectivity index (χ4v) is 2.32. The van der Waals surface area contributed by atoms with E-state index in [1.165, 1.54) is 11.1 Å². The fourth-order valence-electron chi connectivity index (χ4n) is 2.32. The molecule has 0 spiro atoms. The van der Waals surface area contributed by atoms with Gasteiger partial charge in [0.05, 0.1) is 18.7 Å². The van der Waals surface area contributed by atoms with Gasteiger partial charge in [0.1, 0.15) is 5.75 Å². The Bertz CT molecular complexity index is 641. The molecule has 0 fully saturated rings. The maximum absolute atomic E-state index is 9.02. The molecular formula is C18H20N2O. The minimum Gasteiger partial charge on any atom is -0.496 e. The van der Waals surface area contributed by atoms with Crippen LogP contribution in [0.5, 0.6) is 5.75 Å². The summed E-state index contributed by atoms with van der Waals surface area (Å²) in [4.78, 5) is 2.21. The van der Waals surface area contributed by atoms with E-state index in [9.17, 15) is 0 Å². The molecule has 0 atom stereocenters. The van der Waals surface area contributed by atoms with E-state index in [0.717, 1.165) is 24.4 Å². The van der Waals surface area contributed by atoms with Crippen molar-refractivity contribution >= 4 is 0 Å². The van der Waals surface area contributed by atoms with Crippen LogP contribution in [-0.4, -0.2) is 19.1 Å². The van der Waals surface area contributed by atoms with Gasteiger partial charge in [0.15, 0.2) is 0 Å². The van der Waals surface area contributed by atoms with E-state index in [-0.39, 0.29) is 0 Å². The standard InChI is InChI=1S/C18H20N2O/c1-14-4-6-15(7-5-14)12-20(2)13-17-10-16(11-19)8-9-18(17)21-3/h4-10H,12-13H2,1-3H3. The molecule has 0 aliphatic rings. The van der Waals surface area contributed by atoms with E-state index in [0.29, 0.717) is 5.56 Å². The first kappa shape index (κ1) is 15.1. The molecule has 0 amide bonds. The second kappa shape index (κ2) is 6.92. The number of methoxy groups -OCH3 is 1. The molecule has 2 aromatic carbocycles. The lowest BCUT2D eigenvalue weighted by Crippen LogP contribution is -2.17. The molecule has 3 heteroatoms. The van der Waals surface area contributed by atoms with E-state index < -0.39 is 0 Å². The van der Waals surface area contributed by atoms with Crippen LogP contribution < -0.4 is 4.74 Å². The molecule has 0 saturated carbocycles. The first-order chi connectivity index (χ1) is 10.1. The van der Waals surface area contributed by atoms with E-state index in [2.05, 4.69) is 49.2 Å². The van der Waals surface area contributed by atoms with Gasteiger partial charge in [-0.3, -0.25) is 4.90 Å². The lowest BCUT2D eigenvalue weighted by atomic mass is 10.1. The zero-order valence-electron chi connectivity index (χ0n) is 12.8. The summed E-state index contributed by atoms with van der Waals surface area (Å²) >= 11 is 0. The van der Waals surface area contributed by atoms with Gasteiger partial charge in [0, 0.05) is 18.7 Å². The second-order valence-electron chi connectivity index (χ2n) is 5.30. The number of nitriles is 1. The van der Waals surface area contributed by atoms with Gasteiger partial charge >= 0.3 is 0 Å². The molecule has 2 rings (SSSR count). The van der Waals surface area contributed by atoms with Gasteiger partial charge in [0.2, 0.25) is 0 Å². The molecule has 0 aliphatic carbocycles. The first-order valence-electron chi connectivity index (χ1n) is 6.93. The van der Waals surface area contributed by atoms with E-state index in [4.69, 9.17) is 10.00 Å². The van der Waals surface area contributed by atoms with Crippen LogP contribution in [0, 0.1) is 18.3 Å². The number of hydrogen-bond acceptors (Lipinski definition) is 3. The van der Waals surface area contributed by atoms with E-state index in [1.807, 2.05) is 12.1 Å². The Labute approximate surface area is 126 Å². The zero-order valence-corrected chi connectivity index (χ0v) is 12.8. The number of benzene rings is 2. The average molecular weight is 280 g/mol. The second-order valence-corrected chi connectivity index (χ2v) is 5.30. The Balaban J connectivity index is 2.10. The highest BCUT2D eigenvalue weighted by molar-refractivity contribution is 5.42. The smallest absolute Gasteiger partial charge is 0.123 e. The number of ether oxygens (including phenoxy) is 1. The van der Waals surface area contributed by atoms with Crippen LogP contribution in [0.25, 0.3) is 0 Å². The largest absolute Gasteiger partial charge is 0.496 e. The minimum atomic E-state index is 0.662. The highest BCUT2D eigenvalue weighted by Crippen LogP contribution is 2.21. The summed E-state index contributed by atoms with van der Waals surface area (Å²) < 4.78 is 5.38. The van der Waals surface area contributed by atoms with Crippen LogP contribution in [0.15, 0.2) is 42.5 Å². The Kier molecular flexibility index (Phi) is 4.97. The van der Waals surface area contributed by atoms with Gasteiger partial charge in [0.25, 0.3) is 0 Å². The summed E-state index contributed by atoms with van der Waals surface area (Å²) in [5.74, 6) is 0.824. The molecule has 21 heavy (non-hydrogen) atoms. The number of nitrogens with zero attached hydrogens (tertiary/aromatic N) is 2. The van der Waals surface area contributed by atoms with Crippen molar-refractivity contribution in [2.24, 2.45) is 0 Å². The normalized spacial score (nSPS) is 10.4. The van der Waals surface area contributed by atoms with Crippen LogP contribution >= 0.6 is 0 Å². The van der Waals surface area contributed by atoms with Gasteiger partial charge in [-0.1, -0.05) is 29.8 Å². The molecule has 0 unspecified atom stereocenters. The summed E-state index contributed by atoms with van der Waals surface area (Å²) in [5, 5.41) is 9.02.